The zero-order valence-corrected chi connectivity index (χ0v) is 14.3. The summed E-state index contributed by atoms with van der Waals surface area (Å²) in [5.41, 5.74) is 2.17. The second kappa shape index (κ2) is 6.16. The lowest BCUT2D eigenvalue weighted by atomic mass is 9.86. The van der Waals surface area contributed by atoms with Crippen molar-refractivity contribution >= 4 is 10.8 Å². The molecule has 25 heavy (non-hydrogen) atoms. The van der Waals surface area contributed by atoms with Crippen molar-refractivity contribution in [3.8, 4) is 17.0 Å². The summed E-state index contributed by atoms with van der Waals surface area (Å²) < 4.78 is 6.26. The first-order valence-corrected chi connectivity index (χ1v) is 9.20. The van der Waals surface area contributed by atoms with Crippen molar-refractivity contribution in [3.05, 3.63) is 60.8 Å². The van der Waals surface area contributed by atoms with Crippen LogP contribution in [0.4, 0.5) is 0 Å². The van der Waals surface area contributed by atoms with Gasteiger partial charge in [-0.25, -0.2) is 0 Å². The number of rotatable bonds is 3. The number of benzene rings is 2. The molecule has 3 heteroatoms. The quantitative estimate of drug-likeness (QED) is 0.713. The summed E-state index contributed by atoms with van der Waals surface area (Å²) in [6.07, 6.45) is 4.75. The van der Waals surface area contributed by atoms with E-state index in [2.05, 4.69) is 64.5 Å². The third-order valence-electron chi connectivity index (χ3n) is 5.69. The molecule has 6 rings (SSSR count). The summed E-state index contributed by atoms with van der Waals surface area (Å²) in [6, 6.07) is 19.0. The van der Waals surface area contributed by atoms with E-state index in [1.54, 1.807) is 0 Å². The third kappa shape index (κ3) is 2.79. The highest BCUT2D eigenvalue weighted by Crippen LogP contribution is 2.32. The van der Waals surface area contributed by atoms with Crippen molar-refractivity contribution in [2.24, 2.45) is 5.92 Å². The Labute approximate surface area is 148 Å². The highest BCUT2D eigenvalue weighted by atomic mass is 16.5. The molecular formula is C22H22N2O. The molecule has 0 saturated carbocycles. The maximum absolute atomic E-state index is 6.26. The van der Waals surface area contributed by atoms with Gasteiger partial charge in [0.05, 0.1) is 11.9 Å². The fourth-order valence-electron chi connectivity index (χ4n) is 4.28. The lowest BCUT2D eigenvalue weighted by molar-refractivity contribution is -0.00791. The van der Waals surface area contributed by atoms with Gasteiger partial charge in [0.1, 0.15) is 11.9 Å². The van der Waals surface area contributed by atoms with E-state index in [1.165, 1.54) is 42.3 Å². The number of hydrogen-bond acceptors (Lipinski definition) is 3. The molecule has 3 aromatic rings. The van der Waals surface area contributed by atoms with Crippen molar-refractivity contribution in [1.29, 1.82) is 0 Å². The smallest absolute Gasteiger partial charge is 0.138 e. The molecule has 0 radical (unpaired) electrons. The van der Waals surface area contributed by atoms with Crippen molar-refractivity contribution < 1.29 is 4.74 Å². The van der Waals surface area contributed by atoms with E-state index in [-0.39, 0.29) is 0 Å². The van der Waals surface area contributed by atoms with Crippen LogP contribution in [0.1, 0.15) is 12.8 Å². The molecule has 2 bridgehead atoms. The van der Waals surface area contributed by atoms with Crippen LogP contribution in [0.25, 0.3) is 22.0 Å². The van der Waals surface area contributed by atoms with Gasteiger partial charge in [0.2, 0.25) is 0 Å². The van der Waals surface area contributed by atoms with Crippen LogP contribution in [0, 0.1) is 5.92 Å². The highest BCUT2D eigenvalue weighted by Gasteiger charge is 2.35. The first-order valence-electron chi connectivity index (χ1n) is 9.20. The van der Waals surface area contributed by atoms with Gasteiger partial charge in [-0.2, -0.15) is 0 Å². The van der Waals surface area contributed by atoms with Gasteiger partial charge in [0, 0.05) is 12.1 Å². The van der Waals surface area contributed by atoms with Crippen LogP contribution < -0.4 is 4.74 Å². The number of hydrogen-bond donors (Lipinski definition) is 0. The molecular weight excluding hydrogens is 308 g/mol. The molecule has 126 valence electrons. The van der Waals surface area contributed by atoms with Crippen molar-refractivity contribution in [1.82, 2.24) is 9.88 Å². The summed E-state index contributed by atoms with van der Waals surface area (Å²) >= 11 is 0. The first kappa shape index (κ1) is 14.9. The zero-order valence-electron chi connectivity index (χ0n) is 14.3. The van der Waals surface area contributed by atoms with Crippen LogP contribution in [-0.2, 0) is 0 Å². The van der Waals surface area contributed by atoms with Gasteiger partial charge in [-0.15, -0.1) is 0 Å². The van der Waals surface area contributed by atoms with Gasteiger partial charge < -0.3 is 4.74 Å². The van der Waals surface area contributed by atoms with Crippen LogP contribution in [0.3, 0.4) is 0 Å². The standard InChI is InChI=1S/C22H22N2O/c1-2-6-19-16(4-1)5-3-7-20(19)21-9-8-18(14-23-21)25-22-15-24-12-10-17(22)11-13-24/h1-9,14,17,22H,10-13,15H2. The largest absolute Gasteiger partial charge is 0.487 e. The Hall–Kier alpha value is -2.39. The molecule has 1 atom stereocenters. The second-order valence-corrected chi connectivity index (χ2v) is 7.20. The van der Waals surface area contributed by atoms with Crippen LogP contribution in [0.2, 0.25) is 0 Å². The zero-order chi connectivity index (χ0) is 16.6. The highest BCUT2D eigenvalue weighted by molar-refractivity contribution is 5.95. The first-order chi connectivity index (χ1) is 12.4. The molecule has 3 fully saturated rings. The maximum Gasteiger partial charge on any atom is 0.138 e. The van der Waals surface area contributed by atoms with Gasteiger partial charge in [-0.05, 0) is 54.8 Å². The SMILES string of the molecule is c1ccc2c(-c3ccc(OC4CN5CCC4CC5)cn3)cccc2c1. The van der Waals surface area contributed by atoms with Gasteiger partial charge in [0.25, 0.3) is 0 Å². The van der Waals surface area contributed by atoms with Crippen LogP contribution in [0.5, 0.6) is 5.75 Å². The Morgan fingerprint density at radius 2 is 1.76 bits per heavy atom. The molecule has 3 saturated heterocycles. The molecule has 0 N–H and O–H groups in total. The molecule has 1 unspecified atom stereocenters. The summed E-state index contributed by atoms with van der Waals surface area (Å²) in [4.78, 5) is 7.20. The van der Waals surface area contributed by atoms with Crippen molar-refractivity contribution in [2.75, 3.05) is 19.6 Å². The molecule has 2 aromatic carbocycles. The number of piperidine rings is 3. The minimum absolute atomic E-state index is 0.327. The van der Waals surface area contributed by atoms with Crippen LogP contribution >= 0.6 is 0 Å². The average molecular weight is 330 g/mol. The monoisotopic (exact) mass is 330 g/mol. The van der Waals surface area contributed by atoms with E-state index in [1.807, 2.05) is 6.20 Å². The number of aromatic nitrogens is 1. The van der Waals surface area contributed by atoms with Crippen molar-refractivity contribution in [2.45, 2.75) is 18.9 Å². The molecule has 4 heterocycles. The Morgan fingerprint density at radius 1 is 0.920 bits per heavy atom. The fourth-order valence-corrected chi connectivity index (χ4v) is 4.28. The van der Waals surface area contributed by atoms with E-state index in [0.717, 1.165) is 18.0 Å². The third-order valence-corrected chi connectivity index (χ3v) is 5.69. The number of nitrogens with zero attached hydrogens (tertiary/aromatic N) is 2. The molecule has 3 aliphatic heterocycles. The molecule has 0 aliphatic carbocycles. The van der Waals surface area contributed by atoms with E-state index in [9.17, 15) is 0 Å². The van der Waals surface area contributed by atoms with Gasteiger partial charge in [-0.1, -0.05) is 42.5 Å². The maximum atomic E-state index is 6.26. The normalized spacial score (nSPS) is 25.2. The van der Waals surface area contributed by atoms with Crippen LogP contribution in [0.15, 0.2) is 60.8 Å². The Bertz CT molecular complexity index is 877. The predicted molar refractivity (Wildman–Crippen MR) is 101 cm³/mol. The van der Waals surface area contributed by atoms with Gasteiger partial charge >= 0.3 is 0 Å². The summed E-state index contributed by atoms with van der Waals surface area (Å²) in [6.45, 7) is 3.54. The molecule has 0 spiro atoms. The second-order valence-electron chi connectivity index (χ2n) is 7.20. The minimum atomic E-state index is 0.327. The Balaban J connectivity index is 1.40. The number of fused-ring (bicyclic) bond motifs is 4. The van der Waals surface area contributed by atoms with E-state index < -0.39 is 0 Å². The predicted octanol–water partition coefficient (Wildman–Crippen LogP) is 4.37. The topological polar surface area (TPSA) is 25.4 Å². The number of pyridine rings is 1. The van der Waals surface area contributed by atoms with Crippen LogP contribution in [-0.4, -0.2) is 35.6 Å². The molecule has 3 nitrogen and oxygen atoms in total. The summed E-state index contributed by atoms with van der Waals surface area (Å²) in [7, 11) is 0. The molecule has 3 aliphatic rings. The minimum Gasteiger partial charge on any atom is -0.487 e. The Kier molecular flexibility index (Phi) is 3.67. The lowest BCUT2D eigenvalue weighted by Gasteiger charge is -2.44. The van der Waals surface area contributed by atoms with E-state index in [0.29, 0.717) is 12.0 Å². The lowest BCUT2D eigenvalue weighted by Crippen LogP contribution is -2.52. The van der Waals surface area contributed by atoms with Crippen molar-refractivity contribution in [3.63, 3.8) is 0 Å². The summed E-state index contributed by atoms with van der Waals surface area (Å²) in [5, 5.41) is 2.48. The molecule has 0 amide bonds. The fraction of sp³-hybridized carbons (Fsp3) is 0.318. The van der Waals surface area contributed by atoms with E-state index >= 15 is 0 Å². The van der Waals surface area contributed by atoms with Gasteiger partial charge in [0.15, 0.2) is 0 Å². The average Bonchev–Trinajstić information content (AvgIpc) is 2.69. The molecule has 1 aromatic heterocycles. The van der Waals surface area contributed by atoms with Gasteiger partial charge in [-0.3, -0.25) is 9.88 Å². The summed E-state index contributed by atoms with van der Waals surface area (Å²) in [5.74, 6) is 1.60. The Morgan fingerprint density at radius 3 is 2.52 bits per heavy atom. The number of ether oxygens (including phenoxy) is 1. The van der Waals surface area contributed by atoms with E-state index in [4.69, 9.17) is 4.74 Å².